The number of urea groups is 1. The maximum atomic E-state index is 13.2. The second kappa shape index (κ2) is 9.80. The minimum atomic E-state index is -2.73. The molecule has 1 aliphatic heterocycles. The van der Waals surface area contributed by atoms with E-state index < -0.39 is 12.9 Å². The third-order valence-corrected chi connectivity index (χ3v) is 6.52. The van der Waals surface area contributed by atoms with Crippen molar-refractivity contribution < 1.29 is 18.4 Å². The van der Waals surface area contributed by atoms with Crippen LogP contribution in [-0.2, 0) is 7.05 Å². The number of hydrogen-bond donors (Lipinski definition) is 2. The average molecular weight is 495 g/mol. The highest BCUT2D eigenvalue weighted by atomic mass is 16.5. The number of methoxy groups -OCH3 is 1. The third kappa shape index (κ3) is 4.30. The number of nitrogens with zero attached hydrogens (tertiary/aromatic N) is 7. The van der Waals surface area contributed by atoms with Crippen LogP contribution in [0.3, 0.4) is 0 Å². The summed E-state index contributed by atoms with van der Waals surface area (Å²) < 4.78 is 29.5. The molecule has 3 heterocycles. The molecule has 2 aromatic heterocycles. The molecule has 1 saturated heterocycles. The van der Waals surface area contributed by atoms with Gasteiger partial charge in [-0.1, -0.05) is 18.9 Å². The molecule has 12 nitrogen and oxygen atoms in total. The largest absolute Gasteiger partial charge is 0.494 e. The number of ether oxygens (including phenoxy) is 1. The van der Waals surface area contributed by atoms with Gasteiger partial charge in [0.15, 0.2) is 23.1 Å². The highest BCUT2D eigenvalue weighted by Crippen LogP contribution is 2.37. The first-order valence-corrected chi connectivity index (χ1v) is 11.7. The molecule has 2 aliphatic rings. The zero-order chi connectivity index (χ0) is 27.7. The Bertz CT molecular complexity index is 1390. The molecule has 188 valence electrons. The van der Waals surface area contributed by atoms with Crippen molar-refractivity contribution in [3.8, 4) is 17.1 Å². The quantitative estimate of drug-likeness (QED) is 0.513. The maximum Gasteiger partial charge on any atom is 0.326 e. The second-order valence-corrected chi connectivity index (χ2v) is 8.74. The van der Waals surface area contributed by atoms with Crippen molar-refractivity contribution in [2.75, 3.05) is 37.4 Å². The van der Waals surface area contributed by atoms with Gasteiger partial charge in [-0.05, 0) is 25.0 Å². The molecule has 1 aromatic carbocycles. The van der Waals surface area contributed by atoms with Crippen molar-refractivity contribution in [1.82, 2.24) is 35.2 Å². The summed E-state index contributed by atoms with van der Waals surface area (Å²) in [6, 6.07) is 6.84. The molecule has 0 unspecified atom stereocenters. The van der Waals surface area contributed by atoms with Crippen LogP contribution in [0.15, 0.2) is 30.6 Å². The first-order valence-electron chi connectivity index (χ1n) is 13.2. The number of hydrogen-bond acceptors (Lipinski definition) is 8. The molecular formula is C24H29N9O3. The first kappa shape index (κ1) is 20.0. The lowest BCUT2D eigenvalue weighted by atomic mass is 10.1. The lowest BCUT2D eigenvalue weighted by Crippen LogP contribution is -2.38. The lowest BCUT2D eigenvalue weighted by molar-refractivity contribution is 0.0958. The maximum absolute atomic E-state index is 13.2. The van der Waals surface area contributed by atoms with E-state index in [0.717, 1.165) is 25.7 Å². The molecule has 3 aromatic rings. The van der Waals surface area contributed by atoms with Crippen molar-refractivity contribution >= 4 is 29.1 Å². The Balaban J connectivity index is 1.51. The minimum absolute atomic E-state index is 0.151. The van der Waals surface area contributed by atoms with Gasteiger partial charge in [-0.3, -0.25) is 14.4 Å². The van der Waals surface area contributed by atoms with Crippen LogP contribution in [0.4, 0.5) is 22.0 Å². The fraction of sp³-hybridized carbons (Fsp3) is 0.417. The summed E-state index contributed by atoms with van der Waals surface area (Å²) >= 11 is 0. The SMILES string of the molecule is [2H]C([2H])([2H])NC(=O)c1nnc(N2CCN(C3CCCC3)C2=O)cc1Nc1cccc(-c2ncn(C)n2)c1OC. The van der Waals surface area contributed by atoms with Gasteiger partial charge in [0.2, 0.25) is 0 Å². The van der Waals surface area contributed by atoms with Gasteiger partial charge in [-0.25, -0.2) is 9.78 Å². The molecule has 36 heavy (non-hydrogen) atoms. The van der Waals surface area contributed by atoms with Gasteiger partial charge in [0.1, 0.15) is 6.33 Å². The molecule has 2 fully saturated rings. The number of amides is 3. The Morgan fingerprint density at radius 3 is 2.75 bits per heavy atom. The van der Waals surface area contributed by atoms with E-state index in [4.69, 9.17) is 8.85 Å². The Hall–Kier alpha value is -4.22. The summed E-state index contributed by atoms with van der Waals surface area (Å²) in [5.41, 5.74) is 0.946. The summed E-state index contributed by atoms with van der Waals surface area (Å²) in [5, 5.41) is 17.6. The van der Waals surface area contributed by atoms with Crippen molar-refractivity contribution in [3.05, 3.63) is 36.3 Å². The number of aryl methyl sites for hydroxylation is 1. The standard InChI is InChI=1S/C24H29N9O3/c1-25-23(34)20-18(27-17-10-6-9-16(21(17)36-3)22-26-14-31(2)30-22)13-19(28-29-20)33-12-11-32(24(33)35)15-7-4-5-8-15/h6,9-10,13-15H,4-5,7-8,11-12H2,1-3H3,(H,25,34)(H,27,28)/i1D3. The number of carbonyl (C=O) groups is 2. The zero-order valence-corrected chi connectivity index (χ0v) is 20.1. The van der Waals surface area contributed by atoms with Crippen molar-refractivity contribution in [2.45, 2.75) is 31.7 Å². The molecule has 0 atom stereocenters. The molecule has 3 amide bonds. The molecule has 12 heteroatoms. The van der Waals surface area contributed by atoms with Crippen molar-refractivity contribution in [1.29, 1.82) is 0 Å². The topological polar surface area (TPSA) is 130 Å². The molecule has 0 radical (unpaired) electrons. The highest BCUT2D eigenvalue weighted by molar-refractivity contribution is 6.00. The Morgan fingerprint density at radius 1 is 1.19 bits per heavy atom. The zero-order valence-electron chi connectivity index (χ0n) is 23.1. The molecule has 5 rings (SSSR count). The summed E-state index contributed by atoms with van der Waals surface area (Å²) in [6.45, 7) is -1.74. The van der Waals surface area contributed by atoms with Gasteiger partial charge in [0, 0.05) is 43.3 Å². The average Bonchev–Trinajstić information content (AvgIpc) is 3.64. The monoisotopic (exact) mass is 494 g/mol. The Kier molecular flexibility index (Phi) is 5.45. The van der Waals surface area contributed by atoms with Crippen LogP contribution in [0.5, 0.6) is 5.75 Å². The Morgan fingerprint density at radius 2 is 2.03 bits per heavy atom. The first-order chi connectivity index (χ1) is 18.6. The van der Waals surface area contributed by atoms with Gasteiger partial charge in [-0.15, -0.1) is 10.2 Å². The molecule has 2 N–H and O–H groups in total. The summed E-state index contributed by atoms with van der Waals surface area (Å²) in [4.78, 5) is 33.8. The number of carbonyl (C=O) groups excluding carboxylic acids is 2. The van der Waals surface area contributed by atoms with Crippen LogP contribution in [0, 0.1) is 0 Å². The minimum Gasteiger partial charge on any atom is -0.494 e. The molecular weight excluding hydrogens is 462 g/mol. The van der Waals surface area contributed by atoms with Crippen LogP contribution >= 0.6 is 0 Å². The van der Waals surface area contributed by atoms with E-state index in [2.05, 4.69) is 25.6 Å². The number of para-hydroxylation sites is 1. The lowest BCUT2D eigenvalue weighted by Gasteiger charge is -2.24. The Labute approximate surface area is 212 Å². The van der Waals surface area contributed by atoms with E-state index >= 15 is 0 Å². The summed E-state index contributed by atoms with van der Waals surface area (Å²) in [6.07, 6.45) is 5.73. The number of rotatable bonds is 7. The summed E-state index contributed by atoms with van der Waals surface area (Å²) in [5.74, 6) is 0.129. The van der Waals surface area contributed by atoms with E-state index in [-0.39, 0.29) is 29.3 Å². The number of benzene rings is 1. The molecule has 1 aliphatic carbocycles. The van der Waals surface area contributed by atoms with E-state index in [9.17, 15) is 9.59 Å². The van der Waals surface area contributed by atoms with E-state index in [1.165, 1.54) is 18.1 Å². The number of aromatic nitrogens is 5. The fourth-order valence-electron chi connectivity index (χ4n) is 4.80. The second-order valence-electron chi connectivity index (χ2n) is 8.74. The van der Waals surface area contributed by atoms with Gasteiger partial charge in [-0.2, -0.15) is 5.10 Å². The van der Waals surface area contributed by atoms with Crippen LogP contribution < -0.4 is 20.3 Å². The number of nitrogens with one attached hydrogen (secondary N) is 2. The van der Waals surface area contributed by atoms with E-state index in [1.54, 1.807) is 36.3 Å². The van der Waals surface area contributed by atoms with Gasteiger partial charge in [0.05, 0.1) is 24.0 Å². The predicted molar refractivity (Wildman–Crippen MR) is 133 cm³/mol. The van der Waals surface area contributed by atoms with E-state index in [0.29, 0.717) is 35.9 Å². The van der Waals surface area contributed by atoms with Crippen LogP contribution in [0.25, 0.3) is 11.4 Å². The van der Waals surface area contributed by atoms with Gasteiger partial charge >= 0.3 is 6.03 Å². The fourth-order valence-corrected chi connectivity index (χ4v) is 4.80. The predicted octanol–water partition coefficient (Wildman–Crippen LogP) is 2.57. The molecule has 1 saturated carbocycles. The van der Waals surface area contributed by atoms with Crippen LogP contribution in [0.2, 0.25) is 0 Å². The van der Waals surface area contributed by atoms with Crippen LogP contribution in [0.1, 0.15) is 40.3 Å². The van der Waals surface area contributed by atoms with Crippen molar-refractivity contribution in [3.63, 3.8) is 0 Å². The summed E-state index contributed by atoms with van der Waals surface area (Å²) in [7, 11) is 3.24. The van der Waals surface area contributed by atoms with Crippen LogP contribution in [-0.4, -0.2) is 75.0 Å². The third-order valence-electron chi connectivity index (χ3n) is 6.52. The van der Waals surface area contributed by atoms with Gasteiger partial charge < -0.3 is 20.3 Å². The smallest absolute Gasteiger partial charge is 0.326 e. The number of anilines is 3. The van der Waals surface area contributed by atoms with Crippen molar-refractivity contribution in [2.24, 2.45) is 7.05 Å². The van der Waals surface area contributed by atoms with Gasteiger partial charge in [0.25, 0.3) is 5.91 Å². The normalized spacial score (nSPS) is 17.6. The highest BCUT2D eigenvalue weighted by Gasteiger charge is 2.36. The van der Waals surface area contributed by atoms with E-state index in [1.807, 2.05) is 10.2 Å². The molecule has 0 bridgehead atoms. The molecule has 0 spiro atoms.